The van der Waals surface area contributed by atoms with Crippen LogP contribution < -0.4 is 5.73 Å². The van der Waals surface area contributed by atoms with E-state index in [4.69, 9.17) is 5.73 Å². The van der Waals surface area contributed by atoms with Crippen LogP contribution in [0, 0.1) is 0 Å². The Morgan fingerprint density at radius 1 is 1.75 bits per heavy atom. The van der Waals surface area contributed by atoms with Crippen LogP contribution >= 0.6 is 0 Å². The van der Waals surface area contributed by atoms with Crippen molar-refractivity contribution < 1.29 is 0 Å². The Bertz CT molecular complexity index is 275. The van der Waals surface area contributed by atoms with Gasteiger partial charge in [-0.1, -0.05) is 6.92 Å². The topological polar surface area (TPSA) is 69.1 Å². The van der Waals surface area contributed by atoms with E-state index in [1.165, 1.54) is 0 Å². The van der Waals surface area contributed by atoms with E-state index < -0.39 is 0 Å². The molecule has 0 aliphatic rings. The molecule has 5 nitrogen and oxygen atoms in total. The van der Waals surface area contributed by atoms with E-state index in [9.17, 15) is 0 Å². The molecule has 0 fully saturated rings. The molecule has 1 aromatic heterocycles. The van der Waals surface area contributed by atoms with Crippen molar-refractivity contribution >= 4 is 5.84 Å². The number of aromatic nitrogens is 3. The third kappa shape index (κ3) is 2.34. The van der Waals surface area contributed by atoms with Crippen molar-refractivity contribution in [2.45, 2.75) is 19.9 Å². The van der Waals surface area contributed by atoms with Crippen LogP contribution in [0.4, 0.5) is 0 Å². The van der Waals surface area contributed by atoms with Gasteiger partial charge < -0.3 is 5.73 Å². The van der Waals surface area contributed by atoms with Gasteiger partial charge in [0.2, 0.25) is 0 Å². The molecule has 1 rings (SSSR count). The Balaban J connectivity index is 2.53. The van der Waals surface area contributed by atoms with E-state index in [2.05, 4.69) is 15.1 Å². The number of nitrogens with two attached hydrogens (primary N) is 1. The fraction of sp³-hybridized carbons (Fsp3) is 0.571. The van der Waals surface area contributed by atoms with Gasteiger partial charge in [0.25, 0.3) is 0 Å². The minimum absolute atomic E-state index is 0.473. The van der Waals surface area contributed by atoms with Crippen molar-refractivity contribution in [3.05, 3.63) is 12.2 Å². The fourth-order valence-corrected chi connectivity index (χ4v) is 0.740. The summed E-state index contributed by atoms with van der Waals surface area (Å²) in [5, 5.41) is 4.06. The maximum Gasteiger partial charge on any atom is 0.171 e. The molecule has 12 heavy (non-hydrogen) atoms. The zero-order chi connectivity index (χ0) is 8.97. The summed E-state index contributed by atoms with van der Waals surface area (Å²) < 4.78 is 1.65. The minimum Gasteiger partial charge on any atom is -0.387 e. The Labute approximate surface area is 71.3 Å². The predicted molar refractivity (Wildman–Crippen MR) is 46.6 cm³/mol. The minimum atomic E-state index is 0.473. The van der Waals surface area contributed by atoms with Gasteiger partial charge in [0.15, 0.2) is 5.82 Å². The molecule has 66 valence electrons. The molecule has 0 unspecified atom stereocenters. The number of amidine groups is 1. The monoisotopic (exact) mass is 167 g/mol. The van der Waals surface area contributed by atoms with E-state index in [0.717, 1.165) is 6.42 Å². The van der Waals surface area contributed by atoms with Crippen LogP contribution in [0.2, 0.25) is 0 Å². The van der Waals surface area contributed by atoms with Gasteiger partial charge in [-0.2, -0.15) is 5.10 Å². The highest BCUT2D eigenvalue weighted by molar-refractivity contribution is 5.79. The third-order valence-corrected chi connectivity index (χ3v) is 1.43. The lowest BCUT2D eigenvalue weighted by Crippen LogP contribution is -2.10. The van der Waals surface area contributed by atoms with E-state index in [-0.39, 0.29) is 0 Å². The molecule has 0 aliphatic carbocycles. The van der Waals surface area contributed by atoms with Crippen molar-refractivity contribution in [2.24, 2.45) is 17.8 Å². The summed E-state index contributed by atoms with van der Waals surface area (Å²) >= 11 is 0. The zero-order valence-corrected chi connectivity index (χ0v) is 7.36. The molecule has 0 atom stereocenters. The highest BCUT2D eigenvalue weighted by Gasteiger charge is 1.95. The molecule has 0 aromatic carbocycles. The van der Waals surface area contributed by atoms with Crippen molar-refractivity contribution in [2.75, 3.05) is 0 Å². The highest BCUT2D eigenvalue weighted by atomic mass is 15.3. The third-order valence-electron chi connectivity index (χ3n) is 1.43. The van der Waals surface area contributed by atoms with E-state index in [1.54, 1.807) is 11.0 Å². The zero-order valence-electron chi connectivity index (χ0n) is 7.36. The second kappa shape index (κ2) is 3.85. The number of aryl methyl sites for hydroxylation is 1. The van der Waals surface area contributed by atoms with Crippen LogP contribution in [-0.2, 0) is 13.6 Å². The highest BCUT2D eigenvalue weighted by Crippen LogP contribution is 1.91. The molecule has 0 radical (unpaired) electrons. The van der Waals surface area contributed by atoms with Crippen LogP contribution in [0.25, 0.3) is 0 Å². The number of hydrogen-bond acceptors (Lipinski definition) is 3. The summed E-state index contributed by atoms with van der Waals surface area (Å²) in [6, 6.07) is 0. The van der Waals surface area contributed by atoms with Crippen molar-refractivity contribution in [1.29, 1.82) is 0 Å². The number of nitrogens with zero attached hydrogens (tertiary/aromatic N) is 4. The Kier molecular flexibility index (Phi) is 2.79. The molecule has 0 saturated carbocycles. The first-order valence-electron chi connectivity index (χ1n) is 3.85. The van der Waals surface area contributed by atoms with Crippen LogP contribution in [0.1, 0.15) is 19.2 Å². The summed E-state index contributed by atoms with van der Waals surface area (Å²) in [6.45, 7) is 2.44. The van der Waals surface area contributed by atoms with Gasteiger partial charge >= 0.3 is 0 Å². The summed E-state index contributed by atoms with van der Waals surface area (Å²) in [5.41, 5.74) is 5.52. The van der Waals surface area contributed by atoms with Gasteiger partial charge in [-0.3, -0.25) is 9.67 Å². The van der Waals surface area contributed by atoms with E-state index in [1.807, 2.05) is 14.0 Å². The number of aliphatic imine (C=N–C) groups is 1. The number of rotatable bonds is 3. The normalized spacial score (nSPS) is 12.0. The van der Waals surface area contributed by atoms with Gasteiger partial charge in [-0.15, -0.1) is 0 Å². The average Bonchev–Trinajstić information content (AvgIpc) is 2.47. The molecular formula is C7H13N5. The predicted octanol–water partition coefficient (Wildman–Crippen LogP) is 0.0823. The first-order valence-corrected chi connectivity index (χ1v) is 3.85. The lowest BCUT2D eigenvalue weighted by atomic mass is 10.4. The molecule has 2 N–H and O–H groups in total. The standard InChI is InChI=1S/C7H13N5/c1-3-6(8)9-4-7-10-5-12(2)11-7/h5H,3-4H2,1-2H3,(H2,8,9). The largest absolute Gasteiger partial charge is 0.387 e. The maximum absolute atomic E-state index is 5.52. The van der Waals surface area contributed by atoms with Crippen LogP contribution in [0.15, 0.2) is 11.3 Å². The second-order valence-corrected chi connectivity index (χ2v) is 2.50. The first-order chi connectivity index (χ1) is 5.72. The van der Waals surface area contributed by atoms with Gasteiger partial charge in [0.05, 0.1) is 5.84 Å². The SMILES string of the molecule is CCC(N)=NCc1ncn(C)n1. The Morgan fingerprint density at radius 2 is 2.50 bits per heavy atom. The Morgan fingerprint density at radius 3 is 3.00 bits per heavy atom. The maximum atomic E-state index is 5.52. The van der Waals surface area contributed by atoms with Crippen LogP contribution in [-0.4, -0.2) is 20.6 Å². The van der Waals surface area contributed by atoms with Gasteiger partial charge in [0.1, 0.15) is 12.9 Å². The van der Waals surface area contributed by atoms with Crippen molar-refractivity contribution in [1.82, 2.24) is 14.8 Å². The molecule has 0 saturated heterocycles. The molecule has 1 aromatic rings. The van der Waals surface area contributed by atoms with Crippen LogP contribution in [0.3, 0.4) is 0 Å². The first kappa shape index (κ1) is 8.70. The second-order valence-electron chi connectivity index (χ2n) is 2.50. The molecule has 0 amide bonds. The average molecular weight is 167 g/mol. The lowest BCUT2D eigenvalue weighted by Gasteiger charge is -1.92. The summed E-state index contributed by atoms with van der Waals surface area (Å²) in [4.78, 5) is 8.09. The Hall–Kier alpha value is -1.39. The van der Waals surface area contributed by atoms with Gasteiger partial charge in [-0.25, -0.2) is 4.98 Å². The molecule has 0 aliphatic heterocycles. The smallest absolute Gasteiger partial charge is 0.171 e. The quantitative estimate of drug-likeness (QED) is 0.512. The molecular weight excluding hydrogens is 154 g/mol. The summed E-state index contributed by atoms with van der Waals surface area (Å²) in [7, 11) is 1.82. The summed E-state index contributed by atoms with van der Waals surface area (Å²) in [5.74, 6) is 1.34. The van der Waals surface area contributed by atoms with Crippen molar-refractivity contribution in [3.8, 4) is 0 Å². The van der Waals surface area contributed by atoms with Gasteiger partial charge in [0, 0.05) is 13.5 Å². The van der Waals surface area contributed by atoms with E-state index in [0.29, 0.717) is 18.2 Å². The van der Waals surface area contributed by atoms with Crippen molar-refractivity contribution in [3.63, 3.8) is 0 Å². The van der Waals surface area contributed by atoms with Crippen LogP contribution in [0.5, 0.6) is 0 Å². The van der Waals surface area contributed by atoms with E-state index >= 15 is 0 Å². The summed E-state index contributed by atoms with van der Waals surface area (Å²) in [6.07, 6.45) is 2.42. The fourth-order valence-electron chi connectivity index (χ4n) is 0.740. The molecule has 1 heterocycles. The van der Waals surface area contributed by atoms with Gasteiger partial charge in [-0.05, 0) is 0 Å². The molecule has 0 spiro atoms. The molecule has 0 bridgehead atoms. The number of hydrogen-bond donors (Lipinski definition) is 1. The lowest BCUT2D eigenvalue weighted by molar-refractivity contribution is 0.742. The molecule has 5 heteroatoms.